The SMILES string of the molecule is Cc1ccccc1-c1cc2c(cc1C(C)(C)c1ccccc1)-c1cc(C(C)(C)c3ccccc3)c(-c3ccccc3C)cc1[CH]2[Zr+2]([C]1=CC=CC1)=[C](Cc1ccccc1)Cc1ccccc1.[Cl-].[Cl-]. The molecule has 0 fully saturated rings. The third-order valence-electron chi connectivity index (χ3n) is 14.8. The minimum atomic E-state index is -2.95. The fourth-order valence-electron chi connectivity index (χ4n) is 11.1. The van der Waals surface area contributed by atoms with Gasteiger partial charge in [-0.05, 0) is 0 Å². The van der Waals surface area contributed by atoms with Crippen LogP contribution in [-0.4, -0.2) is 3.21 Å². The average molecular weight is 1000 g/mol. The zero-order valence-electron chi connectivity index (χ0n) is 40.2. The molecule has 0 heterocycles. The van der Waals surface area contributed by atoms with E-state index >= 15 is 0 Å². The second-order valence-electron chi connectivity index (χ2n) is 19.7. The van der Waals surface area contributed by atoms with Crippen LogP contribution in [0.1, 0.15) is 93.4 Å². The number of hydrogen-bond donors (Lipinski definition) is 0. The standard InChI is InChI=1S/C45H41.C15H14.C5H5.2ClH.Zr/c1-30-17-13-15-23-36(30)40-26-32-25-33-27-41(37-24-16-14-18-31(37)2)43(45(5,6)35-21-11-8-12-22-35)29-39(33)38(32)28-42(40)44(3,4)34-19-9-7-10-20-34;1-3-8-14(9-4-1)12-7-13-15-10-5-2-6-11-15;1-2-4-5-3-1;;;/h7-29H,1-6H3;1-6,8-11H,12-13H2;1-3H,4H2;2*1H;/q;;;;;+2/p-2. The smallest absolute Gasteiger partial charge is 1.00 e. The molecule has 0 radical (unpaired) electrons. The van der Waals surface area contributed by atoms with Gasteiger partial charge in [-0.1, -0.05) is 0 Å². The summed E-state index contributed by atoms with van der Waals surface area (Å²) in [5.74, 6) is 0. The van der Waals surface area contributed by atoms with Crippen molar-refractivity contribution in [3.8, 4) is 33.4 Å². The van der Waals surface area contributed by atoms with Crippen LogP contribution < -0.4 is 24.8 Å². The summed E-state index contributed by atoms with van der Waals surface area (Å²) in [5, 5.41) is 0. The Morgan fingerprint density at radius 2 is 0.838 bits per heavy atom. The molecule has 2 aliphatic rings. The Bertz CT molecular complexity index is 2960. The number of fused-ring (bicyclic) bond motifs is 3. The first-order valence-corrected chi connectivity index (χ1v) is 27.7. The molecule has 0 saturated carbocycles. The molecule has 0 nitrogen and oxygen atoms in total. The predicted octanol–water partition coefficient (Wildman–Crippen LogP) is 10.5. The summed E-state index contributed by atoms with van der Waals surface area (Å²) in [6.45, 7) is 14.3. The molecule has 0 aliphatic heterocycles. The minimum Gasteiger partial charge on any atom is -1.00 e. The van der Waals surface area contributed by atoms with E-state index in [0.29, 0.717) is 0 Å². The molecule has 0 amide bonds. The summed E-state index contributed by atoms with van der Waals surface area (Å²) < 4.78 is 3.73. The van der Waals surface area contributed by atoms with Crippen molar-refractivity contribution in [2.45, 2.75) is 75.3 Å². The molecule has 0 spiro atoms. The van der Waals surface area contributed by atoms with Crippen molar-refractivity contribution in [3.05, 3.63) is 271 Å². The molecule has 10 rings (SSSR count). The van der Waals surface area contributed by atoms with Gasteiger partial charge in [0.25, 0.3) is 0 Å². The Morgan fingerprint density at radius 1 is 0.456 bits per heavy atom. The minimum absolute atomic E-state index is 0. The normalized spacial score (nSPS) is 12.8. The third-order valence-corrected chi connectivity index (χ3v) is 23.1. The number of rotatable bonds is 12. The molecule has 0 bridgehead atoms. The van der Waals surface area contributed by atoms with Gasteiger partial charge in [-0.15, -0.1) is 0 Å². The molecule has 2 aliphatic carbocycles. The second-order valence-corrected chi connectivity index (χ2v) is 26.5. The van der Waals surface area contributed by atoms with Crippen molar-refractivity contribution < 1.29 is 46.1 Å². The Labute approximate surface area is 425 Å². The van der Waals surface area contributed by atoms with Gasteiger partial charge >= 0.3 is 404 Å². The zero-order valence-corrected chi connectivity index (χ0v) is 44.1. The van der Waals surface area contributed by atoms with E-state index in [1.807, 2.05) is 0 Å². The Balaban J connectivity index is 0.00000312. The fourth-order valence-corrected chi connectivity index (χ4v) is 20.3. The molecule has 0 aromatic heterocycles. The summed E-state index contributed by atoms with van der Waals surface area (Å²) in [4.78, 5) is 0. The van der Waals surface area contributed by atoms with E-state index in [4.69, 9.17) is 0 Å². The molecule has 0 unspecified atom stereocenters. The van der Waals surface area contributed by atoms with Gasteiger partial charge in [0.05, 0.1) is 0 Å². The van der Waals surface area contributed by atoms with Crippen molar-refractivity contribution in [1.82, 2.24) is 0 Å². The molecule has 0 N–H and O–H groups in total. The fraction of sp³-hybridized carbons (Fsp3) is 0.185. The van der Waals surface area contributed by atoms with Crippen molar-refractivity contribution in [2.24, 2.45) is 0 Å². The maximum atomic E-state index is 2.70. The first-order chi connectivity index (χ1) is 32.1. The van der Waals surface area contributed by atoms with Gasteiger partial charge in [-0.3, -0.25) is 0 Å². The topological polar surface area (TPSA) is 0 Å². The number of hydrogen-bond acceptors (Lipinski definition) is 0. The van der Waals surface area contributed by atoms with Gasteiger partial charge < -0.3 is 24.8 Å². The van der Waals surface area contributed by atoms with Crippen LogP contribution in [0.3, 0.4) is 0 Å². The molecule has 68 heavy (non-hydrogen) atoms. The predicted molar refractivity (Wildman–Crippen MR) is 278 cm³/mol. The molecule has 0 atom stereocenters. The van der Waals surface area contributed by atoms with E-state index in [1.54, 1.807) is 6.49 Å². The van der Waals surface area contributed by atoms with Crippen LogP contribution in [0.4, 0.5) is 0 Å². The average Bonchev–Trinajstić information content (AvgIpc) is 3.99. The summed E-state index contributed by atoms with van der Waals surface area (Å²) in [6.07, 6.45) is 10.3. The second kappa shape index (κ2) is 20.7. The van der Waals surface area contributed by atoms with Crippen molar-refractivity contribution in [2.75, 3.05) is 0 Å². The molecular weight excluding hydrogens is 943 g/mol. The van der Waals surface area contributed by atoms with Gasteiger partial charge in [-0.2, -0.15) is 0 Å². The van der Waals surface area contributed by atoms with Crippen LogP contribution in [0, 0.1) is 13.8 Å². The molecule has 8 aromatic rings. The summed E-state index contributed by atoms with van der Waals surface area (Å²) >= 11 is -2.95. The first-order valence-electron chi connectivity index (χ1n) is 23.9. The monoisotopic (exact) mass is 1000 g/mol. The number of benzene rings is 8. The summed E-state index contributed by atoms with van der Waals surface area (Å²) in [7, 11) is 0. The van der Waals surface area contributed by atoms with Gasteiger partial charge in [0.1, 0.15) is 0 Å². The van der Waals surface area contributed by atoms with E-state index in [1.165, 1.54) is 89.0 Å². The van der Waals surface area contributed by atoms with E-state index in [2.05, 4.69) is 254 Å². The van der Waals surface area contributed by atoms with Gasteiger partial charge in [0, 0.05) is 0 Å². The van der Waals surface area contributed by atoms with Crippen LogP contribution in [-0.2, 0) is 44.9 Å². The number of allylic oxidation sites excluding steroid dienone is 4. The van der Waals surface area contributed by atoms with Crippen LogP contribution in [0.2, 0.25) is 0 Å². The van der Waals surface area contributed by atoms with Crippen LogP contribution in [0.15, 0.2) is 216 Å². The first kappa shape index (κ1) is 49.0. The molecule has 3 heteroatoms. The third kappa shape index (κ3) is 9.36. The Morgan fingerprint density at radius 3 is 1.22 bits per heavy atom. The van der Waals surface area contributed by atoms with Crippen LogP contribution >= 0.6 is 0 Å². The molecule has 0 saturated heterocycles. The van der Waals surface area contributed by atoms with E-state index in [-0.39, 0.29) is 39.3 Å². The molecule has 338 valence electrons. The summed E-state index contributed by atoms with van der Waals surface area (Å²) in [5.41, 5.74) is 21.5. The zero-order chi connectivity index (χ0) is 45.4. The Hall–Kier alpha value is -5.43. The summed E-state index contributed by atoms with van der Waals surface area (Å²) in [6, 6.07) is 73.9. The van der Waals surface area contributed by atoms with Gasteiger partial charge in [-0.25, -0.2) is 0 Å². The largest absolute Gasteiger partial charge is 1.00 e. The quantitative estimate of drug-likeness (QED) is 0.114. The van der Waals surface area contributed by atoms with Gasteiger partial charge in [0.2, 0.25) is 0 Å². The maximum Gasteiger partial charge on any atom is -1.00 e. The van der Waals surface area contributed by atoms with E-state index in [9.17, 15) is 0 Å². The van der Waals surface area contributed by atoms with E-state index in [0.717, 1.165) is 19.3 Å². The molecule has 8 aromatic carbocycles. The van der Waals surface area contributed by atoms with Gasteiger partial charge in [0.15, 0.2) is 0 Å². The van der Waals surface area contributed by atoms with Crippen LogP contribution in [0.5, 0.6) is 0 Å². The van der Waals surface area contributed by atoms with Crippen molar-refractivity contribution >= 4 is 3.21 Å². The Kier molecular flexibility index (Phi) is 14.9. The maximum absolute atomic E-state index is 2.95. The number of halogens is 2. The van der Waals surface area contributed by atoms with E-state index < -0.39 is 21.3 Å². The van der Waals surface area contributed by atoms with Crippen LogP contribution in [0.25, 0.3) is 33.4 Å². The van der Waals surface area contributed by atoms with Crippen molar-refractivity contribution in [1.29, 1.82) is 0 Å². The van der Waals surface area contributed by atoms with Crippen molar-refractivity contribution in [3.63, 3.8) is 0 Å². The number of aryl methyl sites for hydroxylation is 2. The molecular formula is C65H60Cl2Zr.